The minimum Gasteiger partial charge on any atom is -0.305 e. The molecule has 0 fully saturated rings. The fraction of sp³-hybridized carbons (Fsp3) is 0.214. The van der Waals surface area contributed by atoms with Gasteiger partial charge in [0.05, 0.1) is 11.7 Å². The number of rotatable bonds is 4. The van der Waals surface area contributed by atoms with Gasteiger partial charge >= 0.3 is 0 Å². The molecule has 0 saturated carbocycles. The molecule has 0 aliphatic rings. The summed E-state index contributed by atoms with van der Waals surface area (Å²) in [4.78, 5) is 4.25. The van der Waals surface area contributed by atoms with Crippen LogP contribution in [-0.2, 0) is 0 Å². The van der Waals surface area contributed by atoms with E-state index in [9.17, 15) is 8.78 Å². The fourth-order valence-electron chi connectivity index (χ4n) is 1.90. The molecule has 0 aliphatic heterocycles. The molecule has 1 atom stereocenters. The molecule has 19 heavy (non-hydrogen) atoms. The van der Waals surface area contributed by atoms with Crippen LogP contribution in [0, 0.1) is 11.6 Å². The van der Waals surface area contributed by atoms with Gasteiger partial charge in [0.25, 0.3) is 0 Å². The number of halogens is 3. The Morgan fingerprint density at radius 3 is 2.79 bits per heavy atom. The Kier molecular flexibility index (Phi) is 4.61. The molecule has 0 saturated heterocycles. The van der Waals surface area contributed by atoms with Crippen LogP contribution in [-0.4, -0.2) is 11.5 Å². The normalized spacial score (nSPS) is 12.4. The summed E-state index contributed by atoms with van der Waals surface area (Å²) in [6, 6.07) is 6.55. The van der Waals surface area contributed by atoms with Crippen molar-refractivity contribution >= 4 is 15.9 Å². The molecule has 0 amide bonds. The first-order valence-electron chi connectivity index (χ1n) is 5.92. The number of pyridine rings is 1. The van der Waals surface area contributed by atoms with Gasteiger partial charge in [0.2, 0.25) is 0 Å². The third-order valence-electron chi connectivity index (χ3n) is 2.74. The second kappa shape index (κ2) is 6.21. The predicted molar refractivity (Wildman–Crippen MR) is 73.8 cm³/mol. The topological polar surface area (TPSA) is 24.9 Å². The third-order valence-corrected chi connectivity index (χ3v) is 3.41. The van der Waals surface area contributed by atoms with Gasteiger partial charge in [-0.3, -0.25) is 4.98 Å². The quantitative estimate of drug-likeness (QED) is 0.923. The van der Waals surface area contributed by atoms with E-state index in [4.69, 9.17) is 0 Å². The molecule has 1 heterocycles. The molecule has 0 bridgehead atoms. The van der Waals surface area contributed by atoms with Gasteiger partial charge in [0, 0.05) is 16.2 Å². The summed E-state index contributed by atoms with van der Waals surface area (Å²) in [5, 5.41) is 3.12. The van der Waals surface area contributed by atoms with E-state index in [1.54, 1.807) is 12.3 Å². The lowest BCUT2D eigenvalue weighted by atomic mass is 10.0. The largest absolute Gasteiger partial charge is 0.305 e. The van der Waals surface area contributed by atoms with Gasteiger partial charge in [-0.15, -0.1) is 0 Å². The van der Waals surface area contributed by atoms with E-state index < -0.39 is 17.7 Å². The summed E-state index contributed by atoms with van der Waals surface area (Å²) in [6.45, 7) is 2.52. The summed E-state index contributed by atoms with van der Waals surface area (Å²) >= 11 is 3.39. The van der Waals surface area contributed by atoms with Crippen LogP contribution >= 0.6 is 15.9 Å². The summed E-state index contributed by atoms with van der Waals surface area (Å²) in [5.41, 5.74) is 0.884. The smallest absolute Gasteiger partial charge is 0.128 e. The molecule has 2 aromatic rings. The second-order valence-corrected chi connectivity index (χ2v) is 4.88. The fourth-order valence-corrected chi connectivity index (χ4v) is 2.39. The summed E-state index contributed by atoms with van der Waals surface area (Å²) in [7, 11) is 0. The van der Waals surface area contributed by atoms with E-state index in [1.165, 1.54) is 6.07 Å². The monoisotopic (exact) mass is 326 g/mol. The lowest BCUT2D eigenvalue weighted by Crippen LogP contribution is -2.24. The molecular formula is C14H13BrF2N2. The highest BCUT2D eigenvalue weighted by Crippen LogP contribution is 2.28. The molecule has 5 heteroatoms. The standard InChI is InChI=1S/C14H13BrF2N2/c1-2-18-13(14-11(15)4-3-7-19-14)10-8-9(16)5-6-12(10)17/h3-8,13,18H,2H2,1H3. The SMILES string of the molecule is CCNC(c1cc(F)ccc1F)c1ncccc1Br. The molecule has 1 N–H and O–H groups in total. The lowest BCUT2D eigenvalue weighted by Gasteiger charge is -2.19. The van der Waals surface area contributed by atoms with Gasteiger partial charge < -0.3 is 5.32 Å². The number of nitrogens with one attached hydrogen (secondary N) is 1. The van der Waals surface area contributed by atoms with Crippen LogP contribution in [0.5, 0.6) is 0 Å². The Labute approximate surface area is 119 Å². The average molecular weight is 327 g/mol. The Bertz CT molecular complexity index is 575. The van der Waals surface area contributed by atoms with Gasteiger partial charge in [0.1, 0.15) is 11.6 Å². The van der Waals surface area contributed by atoms with Gasteiger partial charge in [-0.2, -0.15) is 0 Å². The zero-order valence-electron chi connectivity index (χ0n) is 10.3. The zero-order valence-corrected chi connectivity index (χ0v) is 11.9. The first-order valence-corrected chi connectivity index (χ1v) is 6.71. The van der Waals surface area contributed by atoms with Crippen LogP contribution < -0.4 is 5.32 Å². The predicted octanol–water partition coefficient (Wildman–Crippen LogP) is 3.82. The molecule has 1 unspecified atom stereocenters. The van der Waals surface area contributed by atoms with Crippen LogP contribution in [0.25, 0.3) is 0 Å². The lowest BCUT2D eigenvalue weighted by molar-refractivity contribution is 0.538. The molecule has 2 rings (SSSR count). The van der Waals surface area contributed by atoms with Gasteiger partial charge in [-0.25, -0.2) is 8.78 Å². The molecule has 2 nitrogen and oxygen atoms in total. The summed E-state index contributed by atoms with van der Waals surface area (Å²) in [5.74, 6) is -0.920. The number of aromatic nitrogens is 1. The number of hydrogen-bond acceptors (Lipinski definition) is 2. The maximum atomic E-state index is 13.9. The van der Waals surface area contributed by atoms with Gasteiger partial charge in [-0.05, 0) is 52.8 Å². The van der Waals surface area contributed by atoms with E-state index >= 15 is 0 Å². The van der Waals surface area contributed by atoms with E-state index in [2.05, 4.69) is 26.2 Å². The minimum absolute atomic E-state index is 0.251. The Morgan fingerprint density at radius 2 is 2.11 bits per heavy atom. The van der Waals surface area contributed by atoms with Crippen LogP contribution in [0.3, 0.4) is 0 Å². The van der Waals surface area contributed by atoms with Crippen molar-refractivity contribution in [3.8, 4) is 0 Å². The van der Waals surface area contributed by atoms with Crippen molar-refractivity contribution in [3.63, 3.8) is 0 Å². The maximum absolute atomic E-state index is 13.9. The van der Waals surface area contributed by atoms with Crippen molar-refractivity contribution in [2.24, 2.45) is 0 Å². The van der Waals surface area contributed by atoms with Crippen molar-refractivity contribution < 1.29 is 8.78 Å². The number of nitrogens with zero attached hydrogens (tertiary/aromatic N) is 1. The minimum atomic E-state index is -0.490. The van der Waals surface area contributed by atoms with Crippen LogP contribution in [0.4, 0.5) is 8.78 Å². The highest BCUT2D eigenvalue weighted by Gasteiger charge is 2.21. The van der Waals surface area contributed by atoms with Gasteiger partial charge in [0.15, 0.2) is 0 Å². The van der Waals surface area contributed by atoms with E-state index in [1.807, 2.05) is 13.0 Å². The van der Waals surface area contributed by atoms with Crippen molar-refractivity contribution in [2.45, 2.75) is 13.0 Å². The van der Waals surface area contributed by atoms with Crippen molar-refractivity contribution in [1.29, 1.82) is 0 Å². The van der Waals surface area contributed by atoms with Crippen molar-refractivity contribution in [2.75, 3.05) is 6.54 Å². The van der Waals surface area contributed by atoms with Crippen molar-refractivity contribution in [1.82, 2.24) is 10.3 Å². The van der Waals surface area contributed by atoms with E-state index in [0.29, 0.717) is 12.2 Å². The third kappa shape index (κ3) is 3.16. The first kappa shape index (κ1) is 14.1. The van der Waals surface area contributed by atoms with Gasteiger partial charge in [-0.1, -0.05) is 6.92 Å². The van der Waals surface area contributed by atoms with Crippen molar-refractivity contribution in [3.05, 3.63) is 63.9 Å². The summed E-state index contributed by atoms with van der Waals surface area (Å²) in [6.07, 6.45) is 1.63. The maximum Gasteiger partial charge on any atom is 0.128 e. The second-order valence-electron chi connectivity index (χ2n) is 4.03. The Balaban J connectivity index is 2.51. The average Bonchev–Trinajstić information content (AvgIpc) is 2.40. The molecule has 0 radical (unpaired) electrons. The number of hydrogen-bond donors (Lipinski definition) is 1. The molecule has 0 aliphatic carbocycles. The summed E-state index contributed by atoms with van der Waals surface area (Å²) < 4.78 is 28.0. The zero-order chi connectivity index (χ0) is 13.8. The highest BCUT2D eigenvalue weighted by atomic mass is 79.9. The Hall–Kier alpha value is -1.33. The van der Waals surface area contributed by atoms with E-state index in [-0.39, 0.29) is 5.56 Å². The van der Waals surface area contributed by atoms with Crippen LogP contribution in [0.15, 0.2) is 41.0 Å². The number of benzene rings is 1. The molecule has 1 aromatic heterocycles. The van der Waals surface area contributed by atoms with E-state index in [0.717, 1.165) is 16.6 Å². The highest BCUT2D eigenvalue weighted by molar-refractivity contribution is 9.10. The molecule has 100 valence electrons. The molecular weight excluding hydrogens is 314 g/mol. The first-order chi connectivity index (χ1) is 9.13. The molecule has 0 spiro atoms. The molecule has 1 aromatic carbocycles. The van der Waals surface area contributed by atoms with Crippen LogP contribution in [0.1, 0.15) is 24.2 Å². The Morgan fingerprint density at radius 1 is 1.32 bits per heavy atom. The van der Waals surface area contributed by atoms with Crippen LogP contribution in [0.2, 0.25) is 0 Å².